The molecule has 1 aromatic rings. The molecule has 0 heterocycles. The molecule has 0 unspecified atom stereocenters. The topological polar surface area (TPSA) is 97.0 Å². The molecule has 0 aliphatic rings. The number of hydrogen-bond donors (Lipinski definition) is 1. The highest BCUT2D eigenvalue weighted by molar-refractivity contribution is 7.89. The van der Waals surface area contributed by atoms with E-state index < -0.39 is 10.0 Å². The number of allylic oxidation sites excluding steroid dienone is 1. The van der Waals surface area contributed by atoms with E-state index >= 15 is 0 Å². The van der Waals surface area contributed by atoms with Gasteiger partial charge in [0.15, 0.2) is 0 Å². The molecule has 0 bridgehead atoms. The van der Waals surface area contributed by atoms with Gasteiger partial charge in [0.2, 0.25) is 10.0 Å². The van der Waals surface area contributed by atoms with Crippen LogP contribution in [0, 0.1) is 34.5 Å². The van der Waals surface area contributed by atoms with Gasteiger partial charge in [-0.1, -0.05) is 27.7 Å². The number of nitriles is 2. The second kappa shape index (κ2) is 9.22. The first-order valence-corrected chi connectivity index (χ1v) is 9.51. The summed E-state index contributed by atoms with van der Waals surface area (Å²) in [6.07, 6.45) is 1.29. The molecule has 0 radical (unpaired) electrons. The van der Waals surface area contributed by atoms with Crippen LogP contribution in [0.15, 0.2) is 40.9 Å². The second-order valence-corrected chi connectivity index (χ2v) is 8.50. The molecule has 0 saturated heterocycles. The van der Waals surface area contributed by atoms with E-state index in [0.29, 0.717) is 18.8 Å². The molecular formula is C18H24N4O2S. The number of benzene rings is 1. The Labute approximate surface area is 150 Å². The third-order valence-electron chi connectivity index (χ3n) is 3.25. The third-order valence-corrected chi connectivity index (χ3v) is 5.10. The zero-order chi connectivity index (χ0) is 19.0. The summed E-state index contributed by atoms with van der Waals surface area (Å²) in [5, 5.41) is 20.2. The summed E-state index contributed by atoms with van der Waals surface area (Å²) in [7, 11) is -3.56. The Bertz CT molecular complexity index is 756. The molecule has 6 nitrogen and oxygen atoms in total. The van der Waals surface area contributed by atoms with Gasteiger partial charge in [-0.15, -0.1) is 0 Å². The van der Waals surface area contributed by atoms with E-state index in [2.05, 4.69) is 5.32 Å². The van der Waals surface area contributed by atoms with Gasteiger partial charge in [0.25, 0.3) is 0 Å². The summed E-state index contributed by atoms with van der Waals surface area (Å²) in [5.41, 5.74) is 0.540. The Morgan fingerprint density at radius 2 is 1.56 bits per heavy atom. The average molecular weight is 360 g/mol. The maximum atomic E-state index is 12.9. The standard InChI is InChI=1S/C18H24N4O2S/c1-14(2)12-22(13-15(3)4)25(23,24)18-7-5-17(6-8-18)21-11-16(9-19)10-20/h5-8,11,14-15,21H,12-13H2,1-4H3. The van der Waals surface area contributed by atoms with E-state index in [4.69, 9.17) is 10.5 Å². The fourth-order valence-corrected chi connectivity index (χ4v) is 3.97. The number of nitrogens with one attached hydrogen (secondary N) is 1. The van der Waals surface area contributed by atoms with E-state index in [0.717, 1.165) is 0 Å². The summed E-state index contributed by atoms with van der Waals surface area (Å²) >= 11 is 0. The van der Waals surface area contributed by atoms with Crippen molar-refractivity contribution in [2.24, 2.45) is 11.8 Å². The van der Waals surface area contributed by atoms with Gasteiger partial charge in [0.1, 0.15) is 17.7 Å². The van der Waals surface area contributed by atoms with Crippen molar-refractivity contribution >= 4 is 15.7 Å². The minimum Gasteiger partial charge on any atom is -0.360 e. The fourth-order valence-electron chi connectivity index (χ4n) is 2.20. The Morgan fingerprint density at radius 1 is 1.08 bits per heavy atom. The molecule has 0 atom stereocenters. The summed E-state index contributed by atoms with van der Waals surface area (Å²) in [5.74, 6) is 0.463. The van der Waals surface area contributed by atoms with Gasteiger partial charge in [0.05, 0.1) is 4.90 Å². The normalized spacial score (nSPS) is 11.2. The Kier molecular flexibility index (Phi) is 7.63. The molecule has 1 N–H and O–H groups in total. The maximum Gasteiger partial charge on any atom is 0.243 e. The zero-order valence-electron chi connectivity index (χ0n) is 15.0. The predicted molar refractivity (Wildman–Crippen MR) is 97.8 cm³/mol. The lowest BCUT2D eigenvalue weighted by Gasteiger charge is -2.25. The molecule has 7 heteroatoms. The molecule has 0 aliphatic carbocycles. The van der Waals surface area contributed by atoms with E-state index in [9.17, 15) is 8.42 Å². The second-order valence-electron chi connectivity index (χ2n) is 6.56. The largest absolute Gasteiger partial charge is 0.360 e. The summed E-state index contributed by atoms with van der Waals surface area (Å²) in [4.78, 5) is 0.226. The van der Waals surface area contributed by atoms with Crippen LogP contribution in [0.4, 0.5) is 5.69 Å². The van der Waals surface area contributed by atoms with Crippen molar-refractivity contribution in [3.63, 3.8) is 0 Å². The predicted octanol–water partition coefficient (Wildman–Crippen LogP) is 3.33. The van der Waals surface area contributed by atoms with Crippen LogP contribution >= 0.6 is 0 Å². The summed E-state index contributed by atoms with van der Waals surface area (Å²) in [6, 6.07) is 9.76. The zero-order valence-corrected chi connectivity index (χ0v) is 15.8. The minimum atomic E-state index is -3.56. The molecule has 0 fully saturated rings. The Morgan fingerprint density at radius 3 is 1.96 bits per heavy atom. The lowest BCUT2D eigenvalue weighted by atomic mass is 10.2. The highest BCUT2D eigenvalue weighted by atomic mass is 32.2. The molecule has 0 aromatic heterocycles. The molecule has 0 saturated carbocycles. The number of sulfonamides is 1. The van der Waals surface area contributed by atoms with Crippen molar-refractivity contribution in [1.29, 1.82) is 10.5 Å². The van der Waals surface area contributed by atoms with Crippen LogP contribution in [0.2, 0.25) is 0 Å². The molecule has 25 heavy (non-hydrogen) atoms. The van der Waals surface area contributed by atoms with Crippen molar-refractivity contribution in [2.75, 3.05) is 18.4 Å². The van der Waals surface area contributed by atoms with Crippen molar-refractivity contribution < 1.29 is 8.42 Å². The monoisotopic (exact) mass is 360 g/mol. The molecule has 0 spiro atoms. The van der Waals surface area contributed by atoms with Crippen LogP contribution < -0.4 is 5.32 Å². The first-order chi connectivity index (χ1) is 11.7. The van der Waals surface area contributed by atoms with Crippen LogP contribution in [-0.4, -0.2) is 25.8 Å². The van der Waals surface area contributed by atoms with Crippen molar-refractivity contribution in [3.05, 3.63) is 36.0 Å². The van der Waals surface area contributed by atoms with Crippen LogP contribution in [0.5, 0.6) is 0 Å². The van der Waals surface area contributed by atoms with Crippen molar-refractivity contribution in [2.45, 2.75) is 32.6 Å². The van der Waals surface area contributed by atoms with Crippen LogP contribution in [-0.2, 0) is 10.0 Å². The van der Waals surface area contributed by atoms with E-state index in [-0.39, 0.29) is 22.3 Å². The first-order valence-electron chi connectivity index (χ1n) is 8.07. The van der Waals surface area contributed by atoms with Gasteiger partial charge < -0.3 is 5.32 Å². The van der Waals surface area contributed by atoms with Gasteiger partial charge in [0, 0.05) is 25.0 Å². The van der Waals surface area contributed by atoms with Crippen molar-refractivity contribution in [3.8, 4) is 12.1 Å². The smallest absolute Gasteiger partial charge is 0.243 e. The van der Waals surface area contributed by atoms with E-state index in [1.807, 2.05) is 27.7 Å². The molecular weight excluding hydrogens is 336 g/mol. The van der Waals surface area contributed by atoms with Crippen LogP contribution in [0.1, 0.15) is 27.7 Å². The lowest BCUT2D eigenvalue weighted by molar-refractivity contribution is 0.333. The van der Waals surface area contributed by atoms with Gasteiger partial charge in [-0.2, -0.15) is 14.8 Å². The molecule has 1 rings (SSSR count). The number of anilines is 1. The first kappa shape index (κ1) is 20.7. The highest BCUT2D eigenvalue weighted by Gasteiger charge is 2.25. The maximum absolute atomic E-state index is 12.9. The van der Waals surface area contributed by atoms with Crippen LogP contribution in [0.25, 0.3) is 0 Å². The molecule has 0 amide bonds. The van der Waals surface area contributed by atoms with Crippen LogP contribution in [0.3, 0.4) is 0 Å². The quantitative estimate of drug-likeness (QED) is 0.717. The molecule has 1 aromatic carbocycles. The summed E-state index contributed by atoms with van der Waals surface area (Å²) < 4.78 is 27.3. The minimum absolute atomic E-state index is 0.0586. The molecule has 0 aliphatic heterocycles. The van der Waals surface area contributed by atoms with Gasteiger partial charge >= 0.3 is 0 Å². The number of hydrogen-bond acceptors (Lipinski definition) is 5. The number of rotatable bonds is 8. The highest BCUT2D eigenvalue weighted by Crippen LogP contribution is 2.21. The van der Waals surface area contributed by atoms with E-state index in [1.165, 1.54) is 22.6 Å². The molecule has 134 valence electrons. The fraction of sp³-hybridized carbons (Fsp3) is 0.444. The summed E-state index contributed by atoms with van der Waals surface area (Å²) in [6.45, 7) is 8.90. The van der Waals surface area contributed by atoms with Crippen molar-refractivity contribution in [1.82, 2.24) is 4.31 Å². The van der Waals surface area contributed by atoms with Gasteiger partial charge in [-0.3, -0.25) is 0 Å². The van der Waals surface area contributed by atoms with Gasteiger partial charge in [-0.05, 0) is 36.1 Å². The van der Waals surface area contributed by atoms with E-state index in [1.54, 1.807) is 24.3 Å². The SMILES string of the molecule is CC(C)CN(CC(C)C)S(=O)(=O)c1ccc(NC=C(C#N)C#N)cc1. The number of nitrogens with zero attached hydrogens (tertiary/aromatic N) is 3. The average Bonchev–Trinajstić information content (AvgIpc) is 2.54. The van der Waals surface area contributed by atoms with Gasteiger partial charge in [-0.25, -0.2) is 8.42 Å². The lowest BCUT2D eigenvalue weighted by Crippen LogP contribution is -2.37. The Balaban J connectivity index is 3.03. The Hall–Kier alpha value is -2.35. The third kappa shape index (κ3) is 6.22.